The molecule has 1 heterocycles. The van der Waals surface area contributed by atoms with Crippen LogP contribution in [0.15, 0.2) is 48.5 Å². The summed E-state index contributed by atoms with van der Waals surface area (Å²) < 4.78 is 11.6. The second-order valence-electron chi connectivity index (χ2n) is 5.13. The van der Waals surface area contributed by atoms with Gasteiger partial charge in [-0.25, -0.2) is 5.43 Å². The van der Waals surface area contributed by atoms with Gasteiger partial charge in [-0.2, -0.15) is 0 Å². The second kappa shape index (κ2) is 6.61. The van der Waals surface area contributed by atoms with Gasteiger partial charge in [-0.15, -0.1) is 0 Å². The molecule has 1 aliphatic rings. The van der Waals surface area contributed by atoms with Gasteiger partial charge in [0.25, 0.3) is 0 Å². The average Bonchev–Trinajstić information content (AvgIpc) is 2.56. The molecule has 3 N–H and O–H groups in total. The Kier molecular flexibility index (Phi) is 4.38. The number of benzene rings is 2. The summed E-state index contributed by atoms with van der Waals surface area (Å²) in [6.07, 6.45) is 2.12. The Hall–Kier alpha value is -2.04. The maximum atomic E-state index is 5.84. The number of para-hydroxylation sites is 2. The lowest BCUT2D eigenvalue weighted by atomic mass is 9.98. The van der Waals surface area contributed by atoms with Crippen molar-refractivity contribution in [3.8, 4) is 11.5 Å². The zero-order valence-corrected chi connectivity index (χ0v) is 11.9. The third-order valence-corrected chi connectivity index (χ3v) is 3.70. The molecular formula is C17H20N2O2. The monoisotopic (exact) mass is 284 g/mol. The van der Waals surface area contributed by atoms with Gasteiger partial charge in [0.15, 0.2) is 0 Å². The maximum Gasteiger partial charge on any atom is 0.127 e. The molecule has 0 spiro atoms. The van der Waals surface area contributed by atoms with Crippen molar-refractivity contribution in [2.45, 2.75) is 18.9 Å². The van der Waals surface area contributed by atoms with Crippen molar-refractivity contribution >= 4 is 0 Å². The van der Waals surface area contributed by atoms with E-state index in [1.54, 1.807) is 0 Å². The van der Waals surface area contributed by atoms with E-state index in [1.165, 1.54) is 5.56 Å². The highest BCUT2D eigenvalue weighted by atomic mass is 16.5. The van der Waals surface area contributed by atoms with E-state index in [2.05, 4.69) is 17.6 Å². The molecule has 1 atom stereocenters. The van der Waals surface area contributed by atoms with E-state index in [0.29, 0.717) is 6.61 Å². The normalized spacial score (nSPS) is 14.9. The lowest BCUT2D eigenvalue weighted by molar-refractivity contribution is 0.250. The number of fused-ring (bicyclic) bond motifs is 1. The molecule has 1 aliphatic heterocycles. The van der Waals surface area contributed by atoms with Crippen molar-refractivity contribution in [3.63, 3.8) is 0 Å². The summed E-state index contributed by atoms with van der Waals surface area (Å²) in [5.74, 6) is 7.51. The number of nitrogens with two attached hydrogens (primary N) is 1. The fraction of sp³-hybridized carbons (Fsp3) is 0.294. The quantitative estimate of drug-likeness (QED) is 0.654. The number of hydrogen-bond donors (Lipinski definition) is 2. The second-order valence-corrected chi connectivity index (χ2v) is 5.13. The summed E-state index contributed by atoms with van der Waals surface area (Å²) in [7, 11) is 0. The maximum absolute atomic E-state index is 5.84. The standard InChI is InChI=1S/C17H20N2O2/c18-19-16(12-21-14-8-2-1-3-9-14)15-10-4-6-13-7-5-11-20-17(13)15/h1-4,6,8-10,16,19H,5,7,11-12,18H2. The van der Waals surface area contributed by atoms with Crippen molar-refractivity contribution < 1.29 is 9.47 Å². The zero-order valence-electron chi connectivity index (χ0n) is 11.9. The topological polar surface area (TPSA) is 56.5 Å². The minimum absolute atomic E-state index is 0.0988. The van der Waals surface area contributed by atoms with Crippen LogP contribution >= 0.6 is 0 Å². The fourth-order valence-electron chi connectivity index (χ4n) is 2.61. The Balaban J connectivity index is 1.77. The van der Waals surface area contributed by atoms with Crippen LogP contribution in [0, 0.1) is 0 Å². The molecule has 110 valence electrons. The Morgan fingerprint density at radius 3 is 2.81 bits per heavy atom. The van der Waals surface area contributed by atoms with Crippen molar-refractivity contribution in [2.24, 2.45) is 5.84 Å². The number of hydrazine groups is 1. The first-order valence-corrected chi connectivity index (χ1v) is 7.27. The predicted octanol–water partition coefficient (Wildman–Crippen LogP) is 2.60. The SMILES string of the molecule is NNC(COc1ccccc1)c1cccc2c1OCCC2. The van der Waals surface area contributed by atoms with Gasteiger partial charge in [0, 0.05) is 5.56 Å². The first kappa shape index (κ1) is 13.9. The number of nitrogens with one attached hydrogen (secondary N) is 1. The molecule has 0 fully saturated rings. The summed E-state index contributed by atoms with van der Waals surface area (Å²) in [6, 6.07) is 15.9. The van der Waals surface area contributed by atoms with Gasteiger partial charge in [-0.3, -0.25) is 5.84 Å². The molecule has 21 heavy (non-hydrogen) atoms. The fourth-order valence-corrected chi connectivity index (χ4v) is 2.61. The summed E-state index contributed by atoms with van der Waals surface area (Å²) in [5, 5.41) is 0. The van der Waals surface area contributed by atoms with Gasteiger partial charge < -0.3 is 9.47 Å². The average molecular weight is 284 g/mol. The molecule has 0 aliphatic carbocycles. The molecule has 0 bridgehead atoms. The van der Waals surface area contributed by atoms with Crippen LogP contribution in [0.3, 0.4) is 0 Å². The van der Waals surface area contributed by atoms with E-state index in [0.717, 1.165) is 36.5 Å². The summed E-state index contributed by atoms with van der Waals surface area (Å²) in [5.41, 5.74) is 5.14. The van der Waals surface area contributed by atoms with Crippen LogP contribution in [0.5, 0.6) is 11.5 Å². The molecule has 4 nitrogen and oxygen atoms in total. The van der Waals surface area contributed by atoms with E-state index >= 15 is 0 Å². The largest absolute Gasteiger partial charge is 0.493 e. The minimum Gasteiger partial charge on any atom is -0.493 e. The van der Waals surface area contributed by atoms with Crippen LogP contribution in [-0.2, 0) is 6.42 Å². The molecule has 4 heteroatoms. The summed E-state index contributed by atoms with van der Waals surface area (Å²) >= 11 is 0. The van der Waals surface area contributed by atoms with Gasteiger partial charge in [-0.1, -0.05) is 36.4 Å². The van der Waals surface area contributed by atoms with Crippen LogP contribution in [0.2, 0.25) is 0 Å². The van der Waals surface area contributed by atoms with E-state index in [-0.39, 0.29) is 6.04 Å². The Bertz CT molecular complexity index is 587. The first-order chi connectivity index (χ1) is 10.4. The Morgan fingerprint density at radius 1 is 1.14 bits per heavy atom. The third kappa shape index (κ3) is 3.17. The number of hydrogen-bond acceptors (Lipinski definition) is 4. The molecule has 3 rings (SSSR count). The van der Waals surface area contributed by atoms with Crippen LogP contribution in [0.25, 0.3) is 0 Å². The highest BCUT2D eigenvalue weighted by Crippen LogP contribution is 2.32. The van der Waals surface area contributed by atoms with E-state index < -0.39 is 0 Å². The molecule has 0 saturated heterocycles. The first-order valence-electron chi connectivity index (χ1n) is 7.27. The van der Waals surface area contributed by atoms with E-state index in [4.69, 9.17) is 15.3 Å². The molecule has 2 aromatic rings. The number of ether oxygens (including phenoxy) is 2. The predicted molar refractivity (Wildman–Crippen MR) is 82.3 cm³/mol. The van der Waals surface area contributed by atoms with Crippen molar-refractivity contribution in [1.82, 2.24) is 5.43 Å². The van der Waals surface area contributed by atoms with Crippen LogP contribution in [0.1, 0.15) is 23.6 Å². The van der Waals surface area contributed by atoms with Gasteiger partial charge in [0.1, 0.15) is 18.1 Å². The van der Waals surface area contributed by atoms with Crippen LogP contribution in [-0.4, -0.2) is 13.2 Å². The molecule has 2 aromatic carbocycles. The lowest BCUT2D eigenvalue weighted by Gasteiger charge is -2.25. The molecule has 0 aromatic heterocycles. The number of aryl methyl sites for hydroxylation is 1. The number of rotatable bonds is 5. The van der Waals surface area contributed by atoms with E-state index in [9.17, 15) is 0 Å². The molecule has 0 amide bonds. The van der Waals surface area contributed by atoms with Gasteiger partial charge in [0.2, 0.25) is 0 Å². The molecule has 0 radical (unpaired) electrons. The van der Waals surface area contributed by atoms with Crippen LogP contribution in [0.4, 0.5) is 0 Å². The van der Waals surface area contributed by atoms with Crippen LogP contribution < -0.4 is 20.7 Å². The van der Waals surface area contributed by atoms with Crippen molar-refractivity contribution in [2.75, 3.05) is 13.2 Å². The smallest absolute Gasteiger partial charge is 0.127 e. The summed E-state index contributed by atoms with van der Waals surface area (Å²) in [6.45, 7) is 1.22. The molecule has 1 unspecified atom stereocenters. The van der Waals surface area contributed by atoms with Gasteiger partial charge >= 0.3 is 0 Å². The molecular weight excluding hydrogens is 264 g/mol. The van der Waals surface area contributed by atoms with Gasteiger partial charge in [-0.05, 0) is 30.5 Å². The van der Waals surface area contributed by atoms with Gasteiger partial charge in [0.05, 0.1) is 12.6 Å². The molecule has 0 saturated carbocycles. The summed E-state index contributed by atoms with van der Waals surface area (Å²) in [4.78, 5) is 0. The van der Waals surface area contributed by atoms with Crippen molar-refractivity contribution in [3.05, 3.63) is 59.7 Å². The zero-order chi connectivity index (χ0) is 14.5. The third-order valence-electron chi connectivity index (χ3n) is 3.70. The highest BCUT2D eigenvalue weighted by Gasteiger charge is 2.20. The lowest BCUT2D eigenvalue weighted by Crippen LogP contribution is -2.33. The highest BCUT2D eigenvalue weighted by molar-refractivity contribution is 5.44. The Labute approximate surface area is 124 Å². The Morgan fingerprint density at radius 2 is 2.00 bits per heavy atom. The minimum atomic E-state index is -0.0988. The van der Waals surface area contributed by atoms with Crippen molar-refractivity contribution in [1.29, 1.82) is 0 Å². The van der Waals surface area contributed by atoms with E-state index in [1.807, 2.05) is 36.4 Å².